The molecule has 0 aliphatic heterocycles. The van der Waals surface area contributed by atoms with E-state index in [1.807, 2.05) is 0 Å². The van der Waals surface area contributed by atoms with Crippen molar-refractivity contribution >= 4 is 90.0 Å². The number of hydrogen-bond acceptors (Lipinski definition) is 19. The molecule has 0 aromatic heterocycles. The van der Waals surface area contributed by atoms with Crippen LogP contribution in [0.1, 0.15) is 5.56 Å². The number of azo groups is 2. The molecule has 0 radical (unpaired) electrons. The van der Waals surface area contributed by atoms with E-state index in [0.717, 1.165) is 57.7 Å². The molecule has 6 N–H and O–H groups in total. The molecule has 310 valence electrons. The van der Waals surface area contributed by atoms with Gasteiger partial charge in [-0.1, -0.05) is 0 Å². The normalized spacial score (nSPS) is 13.1. The topological polar surface area (TPSA) is 370 Å². The highest BCUT2D eigenvalue weighted by molar-refractivity contribution is 7.91. The van der Waals surface area contributed by atoms with Gasteiger partial charge in [-0.05, 0) is 36.8 Å². The van der Waals surface area contributed by atoms with Gasteiger partial charge in [-0.3, -0.25) is 22.9 Å². The minimum absolute atomic E-state index is 0.00918. The summed E-state index contributed by atoms with van der Waals surface area (Å²) in [6.07, 6.45) is 0. The van der Waals surface area contributed by atoms with Crippen molar-refractivity contribution < 1.29 is 83.8 Å². The van der Waals surface area contributed by atoms with Crippen LogP contribution in [0.3, 0.4) is 0 Å². The zero-order valence-corrected chi connectivity index (χ0v) is 33.3. The Morgan fingerprint density at radius 3 is 1.65 bits per heavy atom. The predicted octanol–water partition coefficient (Wildman–Crippen LogP) is 4.01. The molecule has 24 nitrogen and oxygen atoms in total. The Kier molecular flexibility index (Phi) is 12.8. The maximum Gasteiger partial charge on any atom is 0.397 e. The molecule has 0 unspecified atom stereocenters. The number of sulfone groups is 1. The molecule has 4 rings (SSSR count). The van der Waals surface area contributed by atoms with Crippen LogP contribution in [0.25, 0.3) is 10.8 Å². The monoisotopic (exact) mass is 899 g/mol. The smallest absolute Gasteiger partial charge is 0.397 e. The zero-order valence-electron chi connectivity index (χ0n) is 29.2. The van der Waals surface area contributed by atoms with Gasteiger partial charge < -0.3 is 19.3 Å². The number of rotatable bonds is 16. The average molecular weight is 900 g/mol. The fourth-order valence-corrected chi connectivity index (χ4v) is 8.46. The van der Waals surface area contributed by atoms with Gasteiger partial charge in [0.25, 0.3) is 20.2 Å². The molecule has 4 aromatic carbocycles. The van der Waals surface area contributed by atoms with Crippen molar-refractivity contribution in [3.05, 3.63) is 48.0 Å². The summed E-state index contributed by atoms with van der Waals surface area (Å²) in [5, 5.41) is 26.0. The highest BCUT2D eigenvalue weighted by Gasteiger charge is 2.27. The molecule has 0 aliphatic carbocycles. The van der Waals surface area contributed by atoms with E-state index in [4.69, 9.17) is 18.8 Å². The molecule has 0 bridgehead atoms. The van der Waals surface area contributed by atoms with Gasteiger partial charge in [-0.15, -0.1) is 20.5 Å². The summed E-state index contributed by atoms with van der Waals surface area (Å²) in [5.74, 6) is -2.97. The van der Waals surface area contributed by atoms with Gasteiger partial charge in [-0.25, -0.2) is 12.6 Å². The highest BCUT2D eigenvalue weighted by Crippen LogP contribution is 2.48. The predicted molar refractivity (Wildman–Crippen MR) is 196 cm³/mol. The van der Waals surface area contributed by atoms with E-state index in [-0.39, 0.29) is 38.7 Å². The number of methoxy groups -OCH3 is 3. The maximum atomic E-state index is 12.9. The summed E-state index contributed by atoms with van der Waals surface area (Å²) in [7, 11) is -21.3. The Morgan fingerprint density at radius 2 is 1.14 bits per heavy atom. The quantitative estimate of drug-likeness (QED) is 0.0683. The third-order valence-corrected chi connectivity index (χ3v) is 11.9. The van der Waals surface area contributed by atoms with Gasteiger partial charge >= 0.3 is 20.7 Å². The number of nitrogens with one attached hydrogen (secondary N) is 1. The van der Waals surface area contributed by atoms with Crippen LogP contribution in [-0.2, 0) is 55.0 Å². The zero-order chi connectivity index (χ0) is 42.9. The van der Waals surface area contributed by atoms with Gasteiger partial charge in [-0.2, -0.15) is 33.7 Å². The van der Waals surface area contributed by atoms with E-state index in [1.54, 1.807) is 4.72 Å². The van der Waals surface area contributed by atoms with E-state index < -0.39 is 107 Å². The maximum absolute atomic E-state index is 12.9. The lowest BCUT2D eigenvalue weighted by atomic mass is 10.1. The molecule has 0 fully saturated rings. The number of nitrogens with zero attached hydrogens (tertiary/aromatic N) is 4. The number of fused-ring (bicyclic) bond motifs is 1. The van der Waals surface area contributed by atoms with Gasteiger partial charge in [0.05, 0.1) is 44.3 Å². The molecule has 0 saturated carbocycles. The number of aromatic hydroxyl groups is 1. The van der Waals surface area contributed by atoms with Crippen LogP contribution in [0.2, 0.25) is 0 Å². The van der Waals surface area contributed by atoms with Crippen LogP contribution in [-0.4, -0.2) is 99.1 Å². The van der Waals surface area contributed by atoms with Crippen LogP contribution < -0.4 is 18.9 Å². The minimum Gasteiger partial charge on any atom is -0.505 e. The van der Waals surface area contributed by atoms with E-state index in [2.05, 4.69) is 24.6 Å². The molecule has 0 atom stereocenters. The third kappa shape index (κ3) is 10.6. The molecule has 0 amide bonds. The molecule has 0 heterocycles. The summed E-state index contributed by atoms with van der Waals surface area (Å²) in [5.41, 5.74) is -2.68. The van der Waals surface area contributed by atoms with E-state index in [1.165, 1.54) is 6.92 Å². The second kappa shape index (κ2) is 16.4. The Labute approximate surface area is 324 Å². The summed E-state index contributed by atoms with van der Waals surface area (Å²) in [6.45, 7) is 0.364. The number of phenols is 1. The summed E-state index contributed by atoms with van der Waals surface area (Å²) in [6, 6.07) is 6.49. The van der Waals surface area contributed by atoms with Crippen LogP contribution in [0, 0.1) is 6.92 Å². The first-order valence-corrected chi connectivity index (χ1v) is 22.2. The number of phenolic OH excluding ortho intramolecular Hbond substituents is 1. The standard InChI is InChI=1S/C28H29N5O19S5/c1-14-9-18(20(49-2)12-23(14)53(35,36)8-7-52-57(46,47)48)29-32-27-25(55(40,41)42)10-16-15(28(27)34)5-6-17(33-56(43,44)45)26(16)31-30-19-11-22(51-4)24(54(37,38)39)13-21(19)50-3/h5-6,9-13,33-34H,7-8H2,1-4H3,(H,37,38,39)(H,40,41,42)(H,43,44,45)(H,46,47,48)/b31-30+,32-29+. The first-order valence-electron chi connectivity index (χ1n) is 14.9. The van der Waals surface area contributed by atoms with Crippen molar-refractivity contribution in [2.24, 2.45) is 20.5 Å². The number of ether oxygens (including phenoxy) is 3. The van der Waals surface area contributed by atoms with Crippen LogP contribution in [0.15, 0.2) is 77.6 Å². The second-order valence-electron chi connectivity index (χ2n) is 11.1. The largest absolute Gasteiger partial charge is 0.505 e. The lowest BCUT2D eigenvalue weighted by molar-refractivity contribution is 0.284. The summed E-state index contributed by atoms with van der Waals surface area (Å²) in [4.78, 5) is -2.27. The molecular weight excluding hydrogens is 871 g/mol. The summed E-state index contributed by atoms with van der Waals surface area (Å²) < 4.78 is 179. The van der Waals surface area contributed by atoms with E-state index in [9.17, 15) is 60.9 Å². The first-order chi connectivity index (χ1) is 26.2. The molecule has 0 aliphatic rings. The number of benzene rings is 4. The number of anilines is 1. The Hall–Kier alpha value is -5.11. The molecule has 0 spiro atoms. The van der Waals surface area contributed by atoms with Crippen molar-refractivity contribution in [1.29, 1.82) is 0 Å². The third-order valence-electron chi connectivity index (χ3n) is 7.38. The van der Waals surface area contributed by atoms with Crippen molar-refractivity contribution in [3.8, 4) is 23.0 Å². The Bertz CT molecular complexity index is 2900. The number of aryl methyl sites for hydroxylation is 1. The molecule has 57 heavy (non-hydrogen) atoms. The van der Waals surface area contributed by atoms with Crippen LogP contribution in [0.5, 0.6) is 23.0 Å². The average Bonchev–Trinajstić information content (AvgIpc) is 3.07. The molecule has 29 heteroatoms. The highest BCUT2D eigenvalue weighted by atomic mass is 32.3. The SMILES string of the molecule is COc1cc(S(=O)(=O)CCOS(=O)(=O)O)c(C)cc1/N=N/c1c(S(=O)(=O)O)cc2c(/N=N/c3cc(OC)c(S(=O)(=O)O)cc3OC)c(NS(=O)(=O)O)ccc2c1O. The van der Waals surface area contributed by atoms with E-state index in [0.29, 0.717) is 6.07 Å². The summed E-state index contributed by atoms with van der Waals surface area (Å²) >= 11 is 0. The van der Waals surface area contributed by atoms with Crippen molar-refractivity contribution in [2.45, 2.75) is 21.6 Å². The van der Waals surface area contributed by atoms with Crippen molar-refractivity contribution in [1.82, 2.24) is 0 Å². The minimum atomic E-state index is -5.37. The first kappa shape index (κ1) is 44.6. The molecular formula is C28H29N5O19S5. The Balaban J connectivity index is 1.95. The molecule has 4 aromatic rings. The lowest BCUT2D eigenvalue weighted by Gasteiger charge is -2.14. The lowest BCUT2D eigenvalue weighted by Crippen LogP contribution is -2.16. The van der Waals surface area contributed by atoms with Crippen molar-refractivity contribution in [3.63, 3.8) is 0 Å². The molecule has 0 saturated heterocycles. The fraction of sp³-hybridized carbons (Fsp3) is 0.214. The van der Waals surface area contributed by atoms with Crippen LogP contribution in [0.4, 0.5) is 28.4 Å². The van der Waals surface area contributed by atoms with Gasteiger partial charge in [0, 0.05) is 29.0 Å². The second-order valence-corrected chi connectivity index (χ2v) is 18.2. The van der Waals surface area contributed by atoms with E-state index >= 15 is 0 Å². The van der Waals surface area contributed by atoms with Gasteiger partial charge in [0.15, 0.2) is 15.6 Å². The van der Waals surface area contributed by atoms with Gasteiger partial charge in [0.2, 0.25) is 0 Å². The van der Waals surface area contributed by atoms with Crippen molar-refractivity contribution in [2.75, 3.05) is 38.4 Å². The number of hydrogen-bond donors (Lipinski definition) is 6. The fourth-order valence-electron chi connectivity index (χ4n) is 4.96. The Morgan fingerprint density at radius 1 is 0.614 bits per heavy atom. The van der Waals surface area contributed by atoms with Crippen LogP contribution >= 0.6 is 0 Å². The van der Waals surface area contributed by atoms with Gasteiger partial charge in [0.1, 0.15) is 49.8 Å².